The van der Waals surface area contributed by atoms with Crippen molar-refractivity contribution in [2.45, 2.75) is 77.7 Å². The topological polar surface area (TPSA) is 64.6 Å². The molecule has 2 amide bonds. The van der Waals surface area contributed by atoms with E-state index in [1.54, 1.807) is 0 Å². The molecule has 1 heterocycles. The summed E-state index contributed by atoms with van der Waals surface area (Å²) in [5.74, 6) is 0.599. The molecular formula is C20H31N3O2. The first-order valence-electron chi connectivity index (χ1n) is 9.56. The number of benzene rings is 1. The van der Waals surface area contributed by atoms with E-state index in [4.69, 9.17) is 0 Å². The summed E-state index contributed by atoms with van der Waals surface area (Å²) in [7, 11) is 0. The number of carbonyl (C=O) groups excluding carboxylic acids is 1. The van der Waals surface area contributed by atoms with Gasteiger partial charge in [0, 0.05) is 24.8 Å². The molecule has 138 valence electrons. The minimum atomic E-state index is -0.427. The fourth-order valence-electron chi connectivity index (χ4n) is 3.88. The number of anilines is 1. The quantitative estimate of drug-likeness (QED) is 0.783. The molecule has 1 saturated carbocycles. The second-order valence-corrected chi connectivity index (χ2v) is 7.89. The molecule has 3 N–H and O–H groups in total. The van der Waals surface area contributed by atoms with Crippen molar-refractivity contribution >= 4 is 11.7 Å². The highest BCUT2D eigenvalue weighted by molar-refractivity contribution is 5.90. The minimum absolute atomic E-state index is 0.136. The fourth-order valence-corrected chi connectivity index (χ4v) is 3.88. The van der Waals surface area contributed by atoms with E-state index in [2.05, 4.69) is 42.4 Å². The molecule has 1 aliphatic heterocycles. The summed E-state index contributed by atoms with van der Waals surface area (Å²) in [6.07, 6.45) is 3.29. The molecular weight excluding hydrogens is 314 g/mol. The monoisotopic (exact) mass is 345 g/mol. The van der Waals surface area contributed by atoms with Gasteiger partial charge in [0.25, 0.3) is 0 Å². The number of amides is 2. The molecule has 3 atom stereocenters. The first kappa shape index (κ1) is 18.2. The standard InChI is InChI=1S/C20H31N3O2/c1-13(2)14(3)23-11-15-7-6-9-17(16(15)12-23)21-20(25)22-18-8-4-5-10-19(18)24/h6-7,9,13-14,18-19,24H,4-5,8,10-12H2,1-3H3,(H2,21,22,25)/t14-,18+,19-/m0/s1. The Labute approximate surface area is 150 Å². The number of hydrogen-bond acceptors (Lipinski definition) is 3. The van der Waals surface area contributed by atoms with Gasteiger partial charge >= 0.3 is 6.03 Å². The SMILES string of the molecule is CC(C)[C@H](C)N1Cc2cccc(NC(=O)N[C@@H]3CCCC[C@@H]3O)c2C1. The predicted octanol–water partition coefficient (Wildman–Crippen LogP) is 3.47. The van der Waals surface area contributed by atoms with Gasteiger partial charge in [0.15, 0.2) is 0 Å². The molecule has 2 aliphatic rings. The van der Waals surface area contributed by atoms with Crippen LogP contribution in [0.2, 0.25) is 0 Å². The lowest BCUT2D eigenvalue weighted by atomic mass is 9.93. The van der Waals surface area contributed by atoms with Gasteiger partial charge in [0.1, 0.15) is 0 Å². The maximum absolute atomic E-state index is 12.4. The maximum Gasteiger partial charge on any atom is 0.319 e. The number of fused-ring (bicyclic) bond motifs is 1. The first-order chi connectivity index (χ1) is 12.0. The van der Waals surface area contributed by atoms with E-state index in [9.17, 15) is 9.90 Å². The Kier molecular flexibility index (Phi) is 5.64. The molecule has 0 aromatic heterocycles. The molecule has 5 heteroatoms. The van der Waals surface area contributed by atoms with Gasteiger partial charge in [0.2, 0.25) is 0 Å². The van der Waals surface area contributed by atoms with E-state index in [0.717, 1.165) is 44.5 Å². The second kappa shape index (κ2) is 7.75. The van der Waals surface area contributed by atoms with Gasteiger partial charge < -0.3 is 15.7 Å². The second-order valence-electron chi connectivity index (χ2n) is 7.89. The van der Waals surface area contributed by atoms with Crippen LogP contribution in [0, 0.1) is 5.92 Å². The Balaban J connectivity index is 1.65. The molecule has 0 saturated heterocycles. The number of carbonyl (C=O) groups is 1. The van der Waals surface area contributed by atoms with Crippen molar-refractivity contribution in [2.24, 2.45) is 5.92 Å². The van der Waals surface area contributed by atoms with Crippen LogP contribution in [0.25, 0.3) is 0 Å². The highest BCUT2D eigenvalue weighted by atomic mass is 16.3. The lowest BCUT2D eigenvalue weighted by Crippen LogP contribution is -2.46. The van der Waals surface area contributed by atoms with Gasteiger partial charge in [-0.05, 0) is 42.9 Å². The van der Waals surface area contributed by atoms with Crippen LogP contribution in [0.4, 0.5) is 10.5 Å². The van der Waals surface area contributed by atoms with Crippen LogP contribution in [0.1, 0.15) is 57.6 Å². The summed E-state index contributed by atoms with van der Waals surface area (Å²) in [4.78, 5) is 14.9. The summed E-state index contributed by atoms with van der Waals surface area (Å²) >= 11 is 0. The van der Waals surface area contributed by atoms with Gasteiger partial charge in [0.05, 0.1) is 12.1 Å². The van der Waals surface area contributed by atoms with Crippen LogP contribution in [-0.4, -0.2) is 34.2 Å². The number of rotatable bonds is 4. The summed E-state index contributed by atoms with van der Waals surface area (Å²) < 4.78 is 0. The smallest absolute Gasteiger partial charge is 0.319 e. The summed E-state index contributed by atoms with van der Waals surface area (Å²) in [6, 6.07) is 6.28. The molecule has 1 aromatic carbocycles. The summed E-state index contributed by atoms with van der Waals surface area (Å²) in [6.45, 7) is 8.57. The number of urea groups is 1. The van der Waals surface area contributed by atoms with Gasteiger partial charge in [-0.15, -0.1) is 0 Å². The number of aliphatic hydroxyl groups is 1. The zero-order valence-electron chi connectivity index (χ0n) is 15.6. The van der Waals surface area contributed by atoms with Crippen molar-refractivity contribution in [3.05, 3.63) is 29.3 Å². The number of aliphatic hydroxyl groups excluding tert-OH is 1. The predicted molar refractivity (Wildman–Crippen MR) is 100 cm³/mol. The fraction of sp³-hybridized carbons (Fsp3) is 0.650. The molecule has 3 rings (SSSR count). The lowest BCUT2D eigenvalue weighted by molar-refractivity contribution is 0.0955. The third kappa shape index (κ3) is 4.15. The van der Waals surface area contributed by atoms with E-state index >= 15 is 0 Å². The van der Waals surface area contributed by atoms with E-state index in [1.165, 1.54) is 11.1 Å². The van der Waals surface area contributed by atoms with E-state index in [-0.39, 0.29) is 12.1 Å². The molecule has 0 unspecified atom stereocenters. The van der Waals surface area contributed by atoms with Crippen molar-refractivity contribution in [3.8, 4) is 0 Å². The Morgan fingerprint density at radius 3 is 2.68 bits per heavy atom. The molecule has 0 spiro atoms. The molecule has 5 nitrogen and oxygen atoms in total. The van der Waals surface area contributed by atoms with E-state index in [1.807, 2.05) is 12.1 Å². The number of nitrogens with zero attached hydrogens (tertiary/aromatic N) is 1. The molecule has 25 heavy (non-hydrogen) atoms. The molecule has 0 bridgehead atoms. The van der Waals surface area contributed by atoms with Crippen LogP contribution in [0.5, 0.6) is 0 Å². The minimum Gasteiger partial charge on any atom is -0.391 e. The Hall–Kier alpha value is -1.59. The normalized spacial score (nSPS) is 24.8. The van der Waals surface area contributed by atoms with Gasteiger partial charge in [-0.3, -0.25) is 4.90 Å². The van der Waals surface area contributed by atoms with Crippen LogP contribution in [0.15, 0.2) is 18.2 Å². The van der Waals surface area contributed by atoms with Crippen molar-refractivity contribution in [1.29, 1.82) is 0 Å². The number of nitrogens with one attached hydrogen (secondary N) is 2. The molecule has 1 aromatic rings. The maximum atomic E-state index is 12.4. The molecule has 0 radical (unpaired) electrons. The molecule has 1 fully saturated rings. The van der Waals surface area contributed by atoms with Crippen LogP contribution in [-0.2, 0) is 13.1 Å². The Bertz CT molecular complexity index is 617. The van der Waals surface area contributed by atoms with Crippen molar-refractivity contribution in [1.82, 2.24) is 10.2 Å². The highest BCUT2D eigenvalue weighted by Gasteiger charge is 2.28. The largest absolute Gasteiger partial charge is 0.391 e. The van der Waals surface area contributed by atoms with Gasteiger partial charge in [-0.2, -0.15) is 0 Å². The van der Waals surface area contributed by atoms with Crippen LogP contribution < -0.4 is 10.6 Å². The lowest BCUT2D eigenvalue weighted by Gasteiger charge is -2.28. The van der Waals surface area contributed by atoms with E-state index < -0.39 is 6.10 Å². The average Bonchev–Trinajstić information content (AvgIpc) is 3.01. The Morgan fingerprint density at radius 2 is 1.96 bits per heavy atom. The zero-order chi connectivity index (χ0) is 18.0. The number of hydrogen-bond donors (Lipinski definition) is 3. The van der Waals surface area contributed by atoms with Crippen molar-refractivity contribution < 1.29 is 9.90 Å². The third-order valence-corrected chi connectivity index (χ3v) is 5.84. The van der Waals surface area contributed by atoms with Crippen molar-refractivity contribution in [2.75, 3.05) is 5.32 Å². The van der Waals surface area contributed by atoms with E-state index in [0.29, 0.717) is 12.0 Å². The average molecular weight is 345 g/mol. The molecule has 1 aliphatic carbocycles. The Morgan fingerprint density at radius 1 is 1.20 bits per heavy atom. The zero-order valence-corrected chi connectivity index (χ0v) is 15.6. The van der Waals surface area contributed by atoms with Gasteiger partial charge in [-0.25, -0.2) is 4.79 Å². The van der Waals surface area contributed by atoms with Crippen LogP contribution >= 0.6 is 0 Å². The summed E-state index contributed by atoms with van der Waals surface area (Å²) in [5, 5.41) is 16.0. The highest BCUT2D eigenvalue weighted by Crippen LogP contribution is 2.32. The summed E-state index contributed by atoms with van der Waals surface area (Å²) in [5.41, 5.74) is 3.40. The third-order valence-electron chi connectivity index (χ3n) is 5.84. The van der Waals surface area contributed by atoms with Gasteiger partial charge in [-0.1, -0.05) is 38.8 Å². The van der Waals surface area contributed by atoms with Crippen LogP contribution in [0.3, 0.4) is 0 Å². The van der Waals surface area contributed by atoms with Crippen molar-refractivity contribution in [3.63, 3.8) is 0 Å². The first-order valence-corrected chi connectivity index (χ1v) is 9.56.